The zero-order valence-corrected chi connectivity index (χ0v) is 24.9. The van der Waals surface area contributed by atoms with Crippen molar-refractivity contribution >= 4 is 45.9 Å². The second-order valence-corrected chi connectivity index (χ2v) is 10.9. The van der Waals surface area contributed by atoms with Gasteiger partial charge in [0.1, 0.15) is 11.3 Å². The first-order chi connectivity index (χ1) is 20.7. The van der Waals surface area contributed by atoms with Gasteiger partial charge in [0.05, 0.1) is 11.4 Å². The van der Waals surface area contributed by atoms with Crippen LogP contribution in [0.1, 0.15) is 16.8 Å². The molecule has 0 aliphatic carbocycles. The van der Waals surface area contributed by atoms with Gasteiger partial charge in [-0.05, 0) is 70.1 Å². The predicted molar refractivity (Wildman–Crippen MR) is 156 cm³/mol. The molecule has 44 heavy (non-hydrogen) atoms. The van der Waals surface area contributed by atoms with Gasteiger partial charge in [0.25, 0.3) is 0 Å². The maximum atomic E-state index is 13.8. The smallest absolute Gasteiger partial charge is 0.428 e. The fourth-order valence-electron chi connectivity index (χ4n) is 4.23. The summed E-state index contributed by atoms with van der Waals surface area (Å²) in [5.74, 6) is -1.44. The van der Waals surface area contributed by atoms with E-state index in [9.17, 15) is 35.5 Å². The molecule has 4 rings (SSSR count). The number of rotatable bonds is 10. The Labute approximate surface area is 264 Å². The zero-order valence-electron chi connectivity index (χ0n) is 22.0. The molecule has 1 atom stereocenters. The summed E-state index contributed by atoms with van der Waals surface area (Å²) >= 11 is 7.83. The molecule has 0 saturated heterocycles. The zero-order chi connectivity index (χ0) is 32.1. The van der Waals surface area contributed by atoms with Crippen LogP contribution in [0, 0.1) is 3.57 Å². The summed E-state index contributed by atoms with van der Waals surface area (Å²) in [6.45, 7) is 0. The van der Waals surface area contributed by atoms with Crippen LogP contribution < -0.4 is 20.1 Å². The number of halogens is 9. The first kappa shape index (κ1) is 33.1. The number of aromatic nitrogens is 1. The van der Waals surface area contributed by atoms with Gasteiger partial charge in [0.2, 0.25) is 0 Å². The molecule has 1 aromatic heterocycles. The average molecular weight is 754 g/mol. The van der Waals surface area contributed by atoms with Crippen LogP contribution in [0.2, 0.25) is 5.02 Å². The van der Waals surface area contributed by atoms with E-state index in [1.807, 2.05) is 22.6 Å². The van der Waals surface area contributed by atoms with Gasteiger partial charge in [-0.1, -0.05) is 54.1 Å². The van der Waals surface area contributed by atoms with Crippen LogP contribution in [-0.4, -0.2) is 29.9 Å². The van der Waals surface area contributed by atoms with Crippen LogP contribution >= 0.6 is 34.2 Å². The predicted octanol–water partition coefficient (Wildman–Crippen LogP) is 8.78. The molecule has 6 nitrogen and oxygen atoms in total. The molecule has 0 saturated carbocycles. The topological polar surface area (TPSA) is 72.5 Å². The summed E-state index contributed by atoms with van der Waals surface area (Å²) in [6, 6.07) is 18.6. The number of nitrogens with one attached hydrogen (secondary N) is 2. The summed E-state index contributed by atoms with van der Waals surface area (Å²) < 4.78 is 102. The minimum atomic E-state index is -5.11. The fraction of sp³-hybridized carbons (Fsp3) is 0.172. The van der Waals surface area contributed by atoms with Gasteiger partial charge >= 0.3 is 24.9 Å². The van der Waals surface area contributed by atoms with E-state index in [2.05, 4.69) is 25.1 Å². The average Bonchev–Trinajstić information content (AvgIpc) is 2.94. The van der Waals surface area contributed by atoms with E-state index in [4.69, 9.17) is 11.6 Å². The van der Waals surface area contributed by atoms with Gasteiger partial charge in [-0.3, -0.25) is 4.98 Å². The number of amides is 2. The molecule has 0 aliphatic heterocycles. The lowest BCUT2D eigenvalue weighted by atomic mass is 9.80. The van der Waals surface area contributed by atoms with Crippen LogP contribution in [0.4, 0.5) is 41.2 Å². The number of ether oxygens (including phenoxy) is 2. The van der Waals surface area contributed by atoms with Crippen LogP contribution in [0.25, 0.3) is 0 Å². The fourth-order valence-corrected chi connectivity index (χ4v) is 4.72. The van der Waals surface area contributed by atoms with Gasteiger partial charge in [0, 0.05) is 27.3 Å². The number of benzene rings is 3. The number of carbonyl (C=O) groups is 1. The minimum Gasteiger partial charge on any atom is -0.428 e. The SMILES string of the molecule is O=C(Nc1ccc(Cl)cc1OC(F)(F)F)N[C@@](Cc1ccccc1)(c1cccc(OC(F)(F)C(F)F)c1)c1ccc(I)cn1. The number of anilines is 1. The van der Waals surface area contributed by atoms with E-state index in [-0.39, 0.29) is 22.7 Å². The second-order valence-electron chi connectivity index (χ2n) is 9.19. The number of hydrogen-bond donors (Lipinski definition) is 2. The molecule has 0 aliphatic rings. The van der Waals surface area contributed by atoms with E-state index in [0.29, 0.717) is 9.13 Å². The van der Waals surface area contributed by atoms with E-state index in [1.165, 1.54) is 24.4 Å². The largest absolute Gasteiger partial charge is 0.573 e. The molecule has 1 heterocycles. The first-order valence-electron chi connectivity index (χ1n) is 12.4. The van der Waals surface area contributed by atoms with Gasteiger partial charge in [-0.25, -0.2) is 4.79 Å². The Hall–Kier alpha value is -3.79. The van der Waals surface area contributed by atoms with Crippen molar-refractivity contribution in [3.05, 3.63) is 117 Å². The van der Waals surface area contributed by atoms with Crippen molar-refractivity contribution in [2.45, 2.75) is 30.9 Å². The Bertz CT molecular complexity index is 1600. The molecule has 15 heteroatoms. The number of nitrogens with zero attached hydrogens (tertiary/aromatic N) is 1. The van der Waals surface area contributed by atoms with Gasteiger partial charge < -0.3 is 20.1 Å². The van der Waals surface area contributed by atoms with E-state index in [0.717, 1.165) is 24.3 Å². The lowest BCUT2D eigenvalue weighted by Crippen LogP contribution is -2.50. The van der Waals surface area contributed by atoms with Crippen molar-refractivity contribution in [2.75, 3.05) is 5.32 Å². The summed E-state index contributed by atoms with van der Waals surface area (Å²) in [5, 5.41) is 4.93. The van der Waals surface area contributed by atoms with Crippen molar-refractivity contribution in [2.24, 2.45) is 0 Å². The third-order valence-electron chi connectivity index (χ3n) is 6.06. The Morgan fingerprint density at radius 1 is 0.909 bits per heavy atom. The Morgan fingerprint density at radius 2 is 1.64 bits per heavy atom. The molecule has 0 bridgehead atoms. The minimum absolute atomic E-state index is 0.0733. The Morgan fingerprint density at radius 3 is 2.27 bits per heavy atom. The van der Waals surface area contributed by atoms with E-state index < -0.39 is 47.7 Å². The molecular weight excluding hydrogens is 734 g/mol. The Balaban J connectivity index is 1.84. The molecule has 3 aromatic carbocycles. The monoisotopic (exact) mass is 753 g/mol. The maximum absolute atomic E-state index is 13.8. The summed E-state index contributed by atoms with van der Waals surface area (Å²) in [6.07, 6.45) is -12.7. The maximum Gasteiger partial charge on any atom is 0.573 e. The normalized spacial score (nSPS) is 13.2. The van der Waals surface area contributed by atoms with Crippen molar-refractivity contribution in [3.8, 4) is 11.5 Å². The number of hydrogen-bond acceptors (Lipinski definition) is 4. The lowest BCUT2D eigenvalue weighted by molar-refractivity contribution is -0.274. The highest BCUT2D eigenvalue weighted by Gasteiger charge is 2.45. The molecule has 4 aromatic rings. The van der Waals surface area contributed by atoms with Crippen LogP contribution in [0.5, 0.6) is 11.5 Å². The molecule has 0 radical (unpaired) electrons. The number of alkyl halides is 7. The summed E-state index contributed by atoms with van der Waals surface area (Å²) in [7, 11) is 0. The Kier molecular flexibility index (Phi) is 10.1. The van der Waals surface area contributed by atoms with Crippen LogP contribution in [0.3, 0.4) is 0 Å². The summed E-state index contributed by atoms with van der Waals surface area (Å²) in [5.41, 5.74) is -1.24. The highest BCUT2D eigenvalue weighted by atomic mass is 127. The molecule has 2 N–H and O–H groups in total. The molecule has 232 valence electrons. The van der Waals surface area contributed by atoms with Gasteiger partial charge in [0.15, 0.2) is 5.75 Å². The van der Waals surface area contributed by atoms with Crippen molar-refractivity contribution in [1.82, 2.24) is 10.3 Å². The first-order valence-corrected chi connectivity index (χ1v) is 13.9. The van der Waals surface area contributed by atoms with Gasteiger partial charge in [-0.2, -0.15) is 17.6 Å². The van der Waals surface area contributed by atoms with Crippen LogP contribution in [0.15, 0.2) is 91.1 Å². The quantitative estimate of drug-likeness (QED) is 0.126. The molecular formula is C29H20ClF7IN3O3. The third-order valence-corrected chi connectivity index (χ3v) is 6.93. The lowest BCUT2D eigenvalue weighted by Gasteiger charge is -2.36. The number of urea groups is 1. The molecule has 2 amide bonds. The highest BCUT2D eigenvalue weighted by molar-refractivity contribution is 14.1. The van der Waals surface area contributed by atoms with E-state index >= 15 is 0 Å². The highest BCUT2D eigenvalue weighted by Crippen LogP contribution is 2.37. The third kappa shape index (κ3) is 8.43. The number of carbonyl (C=O) groups excluding carboxylic acids is 1. The van der Waals surface area contributed by atoms with Crippen molar-refractivity contribution in [3.63, 3.8) is 0 Å². The summed E-state index contributed by atoms with van der Waals surface area (Å²) in [4.78, 5) is 18.0. The standard InChI is InChI=1S/C29H20ClF7IN3O3/c30-19-9-11-22(23(14-19)44-29(35,36)37)40-26(42)41-27(15-17-5-2-1-3-6-17,24-12-10-20(38)16-39-24)18-7-4-8-21(13-18)43-28(33,34)25(31)32/h1-14,16,25H,15H2,(H2,40,41,42)/t27-/m0/s1. The molecule has 0 fully saturated rings. The van der Waals surface area contributed by atoms with Crippen molar-refractivity contribution in [1.29, 1.82) is 0 Å². The molecule has 0 spiro atoms. The van der Waals surface area contributed by atoms with Crippen molar-refractivity contribution < 1.29 is 45.0 Å². The molecule has 0 unspecified atom stereocenters. The van der Waals surface area contributed by atoms with Gasteiger partial charge in [-0.15, -0.1) is 13.2 Å². The number of pyridine rings is 1. The van der Waals surface area contributed by atoms with E-state index in [1.54, 1.807) is 42.5 Å². The second kappa shape index (κ2) is 13.5. The van der Waals surface area contributed by atoms with Crippen LogP contribution in [-0.2, 0) is 12.0 Å².